The van der Waals surface area contributed by atoms with Crippen LogP contribution < -0.4 is 5.32 Å². The molecular formula is C16H32F2N2. The van der Waals surface area contributed by atoms with Crippen molar-refractivity contribution in [2.75, 3.05) is 19.6 Å². The largest absolute Gasteiger partial charge is 0.303 e. The lowest BCUT2D eigenvalue weighted by atomic mass is 9.82. The van der Waals surface area contributed by atoms with E-state index in [4.69, 9.17) is 0 Å². The fourth-order valence-electron chi connectivity index (χ4n) is 3.34. The Morgan fingerprint density at radius 3 is 2.05 bits per heavy atom. The van der Waals surface area contributed by atoms with E-state index in [1.807, 2.05) is 13.8 Å². The Labute approximate surface area is 123 Å². The standard InChI is InChI=1S/C14H26F2N2.C2H6/c1-11-2-4-12(5-3-11)10-18-8-6-13(7-9-18)17-14(15)16;1-2/h11-14,17H,2-10H2,1H3;1-2H3. The number of nitrogens with one attached hydrogen (secondary N) is 1. The van der Waals surface area contributed by atoms with E-state index in [9.17, 15) is 8.78 Å². The molecule has 2 rings (SSSR count). The van der Waals surface area contributed by atoms with Gasteiger partial charge in [0.05, 0.1) is 0 Å². The lowest BCUT2D eigenvalue weighted by Gasteiger charge is -2.36. The van der Waals surface area contributed by atoms with E-state index < -0.39 is 6.55 Å². The minimum absolute atomic E-state index is 0.0210. The van der Waals surface area contributed by atoms with E-state index in [0.29, 0.717) is 0 Å². The van der Waals surface area contributed by atoms with Crippen LogP contribution in [0.3, 0.4) is 0 Å². The van der Waals surface area contributed by atoms with Crippen molar-refractivity contribution in [1.82, 2.24) is 10.2 Å². The molecule has 1 aliphatic carbocycles. The van der Waals surface area contributed by atoms with Crippen molar-refractivity contribution < 1.29 is 8.78 Å². The molecule has 0 bridgehead atoms. The van der Waals surface area contributed by atoms with Crippen LogP contribution in [0.2, 0.25) is 0 Å². The zero-order valence-electron chi connectivity index (χ0n) is 13.4. The molecule has 2 nitrogen and oxygen atoms in total. The SMILES string of the molecule is CC.CC1CCC(CN2CCC(NC(F)F)CC2)CC1. The number of hydrogen-bond acceptors (Lipinski definition) is 2. The Hall–Kier alpha value is -0.220. The second kappa shape index (κ2) is 9.67. The van der Waals surface area contributed by atoms with Crippen molar-refractivity contribution in [3.8, 4) is 0 Å². The average Bonchev–Trinajstić information content (AvgIpc) is 2.45. The van der Waals surface area contributed by atoms with Crippen LogP contribution in [0.4, 0.5) is 8.78 Å². The number of hydrogen-bond donors (Lipinski definition) is 1. The third-order valence-corrected chi connectivity index (χ3v) is 4.60. The monoisotopic (exact) mass is 290 g/mol. The van der Waals surface area contributed by atoms with Crippen molar-refractivity contribution >= 4 is 0 Å². The van der Waals surface area contributed by atoms with Crippen molar-refractivity contribution in [3.05, 3.63) is 0 Å². The third-order valence-electron chi connectivity index (χ3n) is 4.60. The van der Waals surface area contributed by atoms with Crippen LogP contribution in [0.1, 0.15) is 59.3 Å². The van der Waals surface area contributed by atoms with Gasteiger partial charge in [0.1, 0.15) is 0 Å². The van der Waals surface area contributed by atoms with E-state index in [0.717, 1.165) is 37.8 Å². The van der Waals surface area contributed by atoms with Gasteiger partial charge in [-0.2, -0.15) is 8.78 Å². The smallest absolute Gasteiger partial charge is 0.292 e. The number of rotatable bonds is 4. The van der Waals surface area contributed by atoms with Crippen LogP contribution in [0.25, 0.3) is 0 Å². The van der Waals surface area contributed by atoms with Crippen molar-refractivity contribution in [2.45, 2.75) is 71.9 Å². The van der Waals surface area contributed by atoms with Crippen LogP contribution in [0.5, 0.6) is 0 Å². The fourth-order valence-corrected chi connectivity index (χ4v) is 3.34. The highest BCUT2D eigenvalue weighted by Gasteiger charge is 2.25. The molecule has 0 aromatic carbocycles. The molecule has 0 spiro atoms. The third kappa shape index (κ3) is 6.49. The molecule has 20 heavy (non-hydrogen) atoms. The van der Waals surface area contributed by atoms with E-state index in [2.05, 4.69) is 17.1 Å². The molecule has 0 aromatic heterocycles. The molecule has 0 radical (unpaired) electrons. The summed E-state index contributed by atoms with van der Waals surface area (Å²) in [6.45, 7) is 7.14. The number of likely N-dealkylation sites (tertiary alicyclic amines) is 1. The van der Waals surface area contributed by atoms with E-state index >= 15 is 0 Å². The summed E-state index contributed by atoms with van der Waals surface area (Å²) in [7, 11) is 0. The summed E-state index contributed by atoms with van der Waals surface area (Å²) in [5.74, 6) is 1.75. The van der Waals surface area contributed by atoms with Gasteiger partial charge in [-0.25, -0.2) is 0 Å². The van der Waals surface area contributed by atoms with Crippen LogP contribution in [0, 0.1) is 11.8 Å². The lowest BCUT2D eigenvalue weighted by Crippen LogP contribution is -2.45. The Kier molecular flexibility index (Phi) is 8.62. The summed E-state index contributed by atoms with van der Waals surface area (Å²) in [5.41, 5.74) is 0. The molecule has 4 heteroatoms. The Morgan fingerprint density at radius 2 is 1.55 bits per heavy atom. The maximum Gasteiger partial charge on any atom is 0.292 e. The van der Waals surface area contributed by atoms with Crippen molar-refractivity contribution in [3.63, 3.8) is 0 Å². The molecule has 0 atom stereocenters. The first-order valence-corrected chi connectivity index (χ1v) is 8.40. The summed E-state index contributed by atoms with van der Waals surface area (Å²) in [5, 5.41) is 2.35. The van der Waals surface area contributed by atoms with Gasteiger partial charge in [0, 0.05) is 12.6 Å². The lowest BCUT2D eigenvalue weighted by molar-refractivity contribution is 0.0692. The van der Waals surface area contributed by atoms with Crippen LogP contribution in [0.15, 0.2) is 0 Å². The first kappa shape index (κ1) is 17.8. The zero-order valence-corrected chi connectivity index (χ0v) is 13.4. The number of nitrogens with zero attached hydrogens (tertiary/aromatic N) is 1. The maximum absolute atomic E-state index is 12.2. The molecule has 2 fully saturated rings. The van der Waals surface area contributed by atoms with Gasteiger partial charge < -0.3 is 4.90 Å². The molecule has 1 N–H and O–H groups in total. The highest BCUT2D eigenvalue weighted by molar-refractivity contribution is 4.80. The molecular weight excluding hydrogens is 258 g/mol. The Balaban J connectivity index is 0.000000956. The quantitative estimate of drug-likeness (QED) is 0.784. The Bertz CT molecular complexity index is 233. The van der Waals surface area contributed by atoms with Crippen LogP contribution in [-0.2, 0) is 0 Å². The molecule has 0 amide bonds. The molecule has 1 aliphatic heterocycles. The molecule has 0 unspecified atom stereocenters. The molecule has 1 saturated heterocycles. The first-order chi connectivity index (χ1) is 9.63. The van der Waals surface area contributed by atoms with Crippen molar-refractivity contribution in [2.24, 2.45) is 11.8 Å². The van der Waals surface area contributed by atoms with Gasteiger partial charge in [-0.3, -0.25) is 5.32 Å². The van der Waals surface area contributed by atoms with Gasteiger partial charge in [-0.1, -0.05) is 33.6 Å². The van der Waals surface area contributed by atoms with Gasteiger partial charge in [-0.15, -0.1) is 0 Å². The highest BCUT2D eigenvalue weighted by Crippen LogP contribution is 2.29. The van der Waals surface area contributed by atoms with Gasteiger partial charge in [0.25, 0.3) is 6.55 Å². The average molecular weight is 290 g/mol. The molecule has 1 saturated carbocycles. The van der Waals surface area contributed by atoms with Crippen molar-refractivity contribution in [1.29, 1.82) is 0 Å². The Morgan fingerprint density at radius 1 is 1.00 bits per heavy atom. The summed E-state index contributed by atoms with van der Waals surface area (Å²) in [6, 6.07) is 0.0210. The first-order valence-electron chi connectivity index (χ1n) is 8.40. The number of halogens is 2. The maximum atomic E-state index is 12.2. The van der Waals surface area contributed by atoms with Gasteiger partial charge >= 0.3 is 0 Å². The summed E-state index contributed by atoms with van der Waals surface area (Å²) in [4.78, 5) is 2.48. The molecule has 0 aromatic rings. The van der Waals surface area contributed by atoms with Crippen LogP contribution in [-0.4, -0.2) is 37.1 Å². The van der Waals surface area contributed by atoms with E-state index in [1.165, 1.54) is 32.2 Å². The normalized spacial score (nSPS) is 29.1. The second-order valence-corrected chi connectivity index (χ2v) is 6.17. The number of piperidine rings is 1. The van der Waals surface area contributed by atoms with Crippen LogP contribution >= 0.6 is 0 Å². The summed E-state index contributed by atoms with van der Waals surface area (Å²) >= 11 is 0. The van der Waals surface area contributed by atoms with Gasteiger partial charge in [0.15, 0.2) is 0 Å². The minimum atomic E-state index is -2.36. The predicted octanol–water partition coefficient (Wildman–Crippen LogP) is 4.12. The predicted molar refractivity (Wildman–Crippen MR) is 81.1 cm³/mol. The molecule has 2 aliphatic rings. The van der Waals surface area contributed by atoms with Gasteiger partial charge in [-0.05, 0) is 50.6 Å². The highest BCUT2D eigenvalue weighted by atomic mass is 19.3. The minimum Gasteiger partial charge on any atom is -0.303 e. The van der Waals surface area contributed by atoms with Gasteiger partial charge in [0.2, 0.25) is 0 Å². The fraction of sp³-hybridized carbons (Fsp3) is 1.00. The zero-order chi connectivity index (χ0) is 15.0. The van der Waals surface area contributed by atoms with E-state index in [1.54, 1.807) is 0 Å². The number of alkyl halides is 2. The van der Waals surface area contributed by atoms with E-state index in [-0.39, 0.29) is 6.04 Å². The molecule has 120 valence electrons. The summed E-state index contributed by atoms with van der Waals surface area (Å²) in [6.07, 6.45) is 7.19. The summed E-state index contributed by atoms with van der Waals surface area (Å²) < 4.78 is 24.4. The molecule has 1 heterocycles. The second-order valence-electron chi connectivity index (χ2n) is 6.17. The topological polar surface area (TPSA) is 15.3 Å².